The first-order valence-electron chi connectivity index (χ1n) is 9.54. The van der Waals surface area contributed by atoms with E-state index in [2.05, 4.69) is 5.32 Å². The van der Waals surface area contributed by atoms with Gasteiger partial charge < -0.3 is 14.2 Å². The van der Waals surface area contributed by atoms with Gasteiger partial charge in [0.25, 0.3) is 5.91 Å². The lowest BCUT2D eigenvalue weighted by atomic mass is 10.1. The van der Waals surface area contributed by atoms with Crippen LogP contribution in [0.2, 0.25) is 5.02 Å². The van der Waals surface area contributed by atoms with Crippen LogP contribution in [0.5, 0.6) is 0 Å². The summed E-state index contributed by atoms with van der Waals surface area (Å²) in [7, 11) is 0. The van der Waals surface area contributed by atoms with E-state index < -0.39 is 0 Å². The zero-order valence-electron chi connectivity index (χ0n) is 16.6. The van der Waals surface area contributed by atoms with Crippen LogP contribution in [0.25, 0.3) is 17.4 Å². The molecule has 4 aromatic rings. The maximum absolute atomic E-state index is 12.6. The van der Waals surface area contributed by atoms with Crippen molar-refractivity contribution in [1.82, 2.24) is 0 Å². The topological polar surface area (TPSA) is 72.5 Å². The van der Waals surface area contributed by atoms with Crippen LogP contribution in [0.1, 0.15) is 32.2 Å². The van der Waals surface area contributed by atoms with Gasteiger partial charge in [0.1, 0.15) is 17.3 Å². The average molecular weight is 432 g/mol. The number of amides is 1. The lowest BCUT2D eigenvalue weighted by molar-refractivity contribution is 0.102. The first kappa shape index (κ1) is 20.4. The van der Waals surface area contributed by atoms with Gasteiger partial charge in [-0.05, 0) is 61.5 Å². The number of allylic oxidation sites excluding steroid dienone is 1. The number of anilines is 1. The largest absolute Gasteiger partial charge is 0.469 e. The smallest absolute Gasteiger partial charge is 0.259 e. The van der Waals surface area contributed by atoms with Gasteiger partial charge in [0.05, 0.1) is 16.8 Å². The number of rotatable bonds is 6. The number of hydrogen-bond acceptors (Lipinski definition) is 4. The number of aryl methyl sites for hydroxylation is 1. The molecule has 4 rings (SSSR count). The van der Waals surface area contributed by atoms with Crippen LogP contribution >= 0.6 is 11.6 Å². The van der Waals surface area contributed by atoms with Gasteiger partial charge in [-0.25, -0.2) is 0 Å². The molecule has 2 aromatic heterocycles. The minimum atomic E-state index is -0.297. The predicted octanol–water partition coefficient (Wildman–Crippen LogP) is 6.65. The van der Waals surface area contributed by atoms with Crippen LogP contribution in [-0.2, 0) is 0 Å². The molecular formula is C25H18ClNO4. The number of benzene rings is 2. The molecule has 5 nitrogen and oxygen atoms in total. The van der Waals surface area contributed by atoms with Gasteiger partial charge in [-0.2, -0.15) is 0 Å². The Kier molecular flexibility index (Phi) is 5.87. The Hall–Kier alpha value is -3.83. The van der Waals surface area contributed by atoms with E-state index in [-0.39, 0.29) is 11.7 Å². The van der Waals surface area contributed by atoms with Crippen molar-refractivity contribution in [2.45, 2.75) is 6.92 Å². The van der Waals surface area contributed by atoms with Crippen molar-refractivity contribution in [1.29, 1.82) is 0 Å². The van der Waals surface area contributed by atoms with Crippen molar-refractivity contribution >= 4 is 35.1 Å². The molecule has 2 aromatic carbocycles. The van der Waals surface area contributed by atoms with Crippen LogP contribution in [0.4, 0.5) is 5.69 Å². The normalized spacial score (nSPS) is 11.0. The minimum absolute atomic E-state index is 0.216. The molecule has 1 N–H and O–H groups in total. The van der Waals surface area contributed by atoms with E-state index in [1.165, 1.54) is 12.3 Å². The van der Waals surface area contributed by atoms with E-state index >= 15 is 0 Å². The summed E-state index contributed by atoms with van der Waals surface area (Å²) < 4.78 is 10.9. The van der Waals surface area contributed by atoms with Crippen molar-refractivity contribution in [2.24, 2.45) is 0 Å². The highest BCUT2D eigenvalue weighted by molar-refractivity contribution is 6.33. The molecule has 0 spiro atoms. The molecule has 0 saturated heterocycles. The molecule has 0 saturated carbocycles. The van der Waals surface area contributed by atoms with Crippen LogP contribution in [-0.4, -0.2) is 11.7 Å². The second-order valence-corrected chi connectivity index (χ2v) is 7.21. The standard InChI is InChI=1S/C25H18ClNO4/c1-16-20(13-14-30-16)25(29)27-18-6-4-5-17(15-18)23(28)11-9-19-10-12-24(31-19)21-7-2-3-8-22(21)26/h2-15H,1H3,(H,27,29)/b11-9+. The first-order valence-corrected chi connectivity index (χ1v) is 9.92. The maximum Gasteiger partial charge on any atom is 0.259 e. The summed E-state index contributed by atoms with van der Waals surface area (Å²) in [5.74, 6) is 1.17. The fourth-order valence-electron chi connectivity index (χ4n) is 3.07. The van der Waals surface area contributed by atoms with Gasteiger partial charge in [0.2, 0.25) is 0 Å². The Morgan fingerprint density at radius 3 is 2.61 bits per heavy atom. The molecule has 0 bridgehead atoms. The molecule has 2 heterocycles. The molecule has 6 heteroatoms. The van der Waals surface area contributed by atoms with Crippen molar-refractivity contribution in [3.05, 3.63) is 107 Å². The summed E-state index contributed by atoms with van der Waals surface area (Å²) in [6.07, 6.45) is 4.49. The highest BCUT2D eigenvalue weighted by atomic mass is 35.5. The fourth-order valence-corrected chi connectivity index (χ4v) is 3.30. The lowest BCUT2D eigenvalue weighted by Gasteiger charge is -2.05. The van der Waals surface area contributed by atoms with E-state index in [0.29, 0.717) is 39.1 Å². The predicted molar refractivity (Wildman–Crippen MR) is 120 cm³/mol. The third kappa shape index (κ3) is 4.68. The van der Waals surface area contributed by atoms with E-state index in [4.69, 9.17) is 20.4 Å². The van der Waals surface area contributed by atoms with Gasteiger partial charge in [0, 0.05) is 16.8 Å². The van der Waals surface area contributed by atoms with Crippen molar-refractivity contribution in [3.8, 4) is 11.3 Å². The van der Waals surface area contributed by atoms with Crippen molar-refractivity contribution in [3.63, 3.8) is 0 Å². The zero-order chi connectivity index (χ0) is 21.8. The average Bonchev–Trinajstić information content (AvgIpc) is 3.41. The summed E-state index contributed by atoms with van der Waals surface area (Å²) in [4.78, 5) is 24.9. The molecule has 0 unspecified atom stereocenters. The number of nitrogens with one attached hydrogen (secondary N) is 1. The van der Waals surface area contributed by atoms with Crippen LogP contribution in [0, 0.1) is 6.92 Å². The molecule has 0 atom stereocenters. The third-order valence-electron chi connectivity index (χ3n) is 4.67. The molecule has 0 aliphatic rings. The molecule has 0 radical (unpaired) electrons. The number of furan rings is 2. The Balaban J connectivity index is 1.46. The van der Waals surface area contributed by atoms with Gasteiger partial charge in [-0.3, -0.25) is 9.59 Å². The molecule has 0 aliphatic carbocycles. The van der Waals surface area contributed by atoms with Crippen molar-refractivity contribution < 1.29 is 18.4 Å². The first-order chi connectivity index (χ1) is 15.0. The Morgan fingerprint density at radius 1 is 1.00 bits per heavy atom. The van der Waals surface area contributed by atoms with Gasteiger partial charge in [-0.1, -0.05) is 35.9 Å². The second kappa shape index (κ2) is 8.90. The lowest BCUT2D eigenvalue weighted by Crippen LogP contribution is -2.12. The van der Waals surface area contributed by atoms with Crippen LogP contribution in [0.15, 0.2) is 87.9 Å². The highest BCUT2D eigenvalue weighted by Gasteiger charge is 2.12. The quantitative estimate of drug-likeness (QED) is 0.274. The minimum Gasteiger partial charge on any atom is -0.469 e. The molecular weight excluding hydrogens is 414 g/mol. The molecule has 0 aliphatic heterocycles. The summed E-state index contributed by atoms with van der Waals surface area (Å²) in [5.41, 5.74) is 2.19. The Labute approximate surface area is 184 Å². The molecule has 154 valence electrons. The van der Waals surface area contributed by atoms with Gasteiger partial charge in [0.15, 0.2) is 5.78 Å². The maximum atomic E-state index is 12.6. The monoisotopic (exact) mass is 431 g/mol. The van der Waals surface area contributed by atoms with E-state index in [1.54, 1.807) is 61.5 Å². The summed E-state index contributed by atoms with van der Waals surface area (Å²) in [6, 6.07) is 19.3. The summed E-state index contributed by atoms with van der Waals surface area (Å²) in [6.45, 7) is 1.71. The Bertz CT molecular complexity index is 1280. The zero-order valence-corrected chi connectivity index (χ0v) is 17.3. The van der Waals surface area contributed by atoms with E-state index in [9.17, 15) is 9.59 Å². The van der Waals surface area contributed by atoms with Gasteiger partial charge in [-0.15, -0.1) is 0 Å². The van der Waals surface area contributed by atoms with Crippen molar-refractivity contribution in [2.75, 3.05) is 5.32 Å². The van der Waals surface area contributed by atoms with E-state index in [0.717, 1.165) is 5.56 Å². The van der Waals surface area contributed by atoms with Gasteiger partial charge >= 0.3 is 0 Å². The molecule has 31 heavy (non-hydrogen) atoms. The number of ketones is 1. The summed E-state index contributed by atoms with van der Waals surface area (Å²) in [5, 5.41) is 3.37. The van der Waals surface area contributed by atoms with E-state index in [1.807, 2.05) is 18.2 Å². The second-order valence-electron chi connectivity index (χ2n) is 6.80. The highest BCUT2D eigenvalue weighted by Crippen LogP contribution is 2.29. The number of carbonyl (C=O) groups excluding carboxylic acids is 2. The molecule has 0 fully saturated rings. The Morgan fingerprint density at radius 2 is 1.84 bits per heavy atom. The third-order valence-corrected chi connectivity index (χ3v) is 5.00. The fraction of sp³-hybridized carbons (Fsp3) is 0.0400. The number of hydrogen-bond donors (Lipinski definition) is 1. The molecule has 1 amide bonds. The van der Waals surface area contributed by atoms with Crippen LogP contribution in [0.3, 0.4) is 0 Å². The number of carbonyl (C=O) groups is 2. The number of halogens is 1. The van der Waals surface area contributed by atoms with Crippen LogP contribution < -0.4 is 5.32 Å². The summed E-state index contributed by atoms with van der Waals surface area (Å²) >= 11 is 6.20. The SMILES string of the molecule is Cc1occc1C(=O)Nc1cccc(C(=O)/C=C/c2ccc(-c3ccccc3Cl)o2)c1.